The van der Waals surface area contributed by atoms with E-state index in [1.54, 1.807) is 14.2 Å². The number of methoxy groups -OCH3 is 2. The van der Waals surface area contributed by atoms with Crippen LogP contribution in [0, 0.1) is 5.92 Å². The van der Waals surface area contributed by atoms with Crippen LogP contribution in [0.4, 0.5) is 0 Å². The van der Waals surface area contributed by atoms with Crippen molar-refractivity contribution in [3.8, 4) is 11.5 Å². The Morgan fingerprint density at radius 2 is 2.10 bits per heavy atom. The van der Waals surface area contributed by atoms with Crippen molar-refractivity contribution >= 4 is 0 Å². The second-order valence-corrected chi connectivity index (χ2v) is 5.68. The Kier molecular flexibility index (Phi) is 5.26. The van der Waals surface area contributed by atoms with E-state index >= 15 is 0 Å². The van der Waals surface area contributed by atoms with E-state index in [1.807, 2.05) is 18.2 Å². The molecule has 4 nitrogen and oxygen atoms in total. The lowest BCUT2D eigenvalue weighted by atomic mass is 10.0. The fraction of sp³-hybridized carbons (Fsp3) is 0.625. The van der Waals surface area contributed by atoms with Crippen molar-refractivity contribution in [3.05, 3.63) is 23.8 Å². The van der Waals surface area contributed by atoms with Crippen LogP contribution >= 0.6 is 0 Å². The molecule has 0 bridgehead atoms. The summed E-state index contributed by atoms with van der Waals surface area (Å²) < 4.78 is 10.8. The van der Waals surface area contributed by atoms with E-state index in [4.69, 9.17) is 15.2 Å². The minimum absolute atomic E-state index is 0.107. The predicted octanol–water partition coefficient (Wildman–Crippen LogP) is 2.48. The van der Waals surface area contributed by atoms with Crippen LogP contribution in [0.1, 0.15) is 37.8 Å². The van der Waals surface area contributed by atoms with Gasteiger partial charge in [0.2, 0.25) is 0 Å². The monoisotopic (exact) mass is 278 g/mol. The molecule has 3 N–H and O–H groups in total. The quantitative estimate of drug-likeness (QED) is 0.839. The fourth-order valence-electron chi connectivity index (χ4n) is 3.04. The van der Waals surface area contributed by atoms with Crippen molar-refractivity contribution in [2.75, 3.05) is 20.8 Å². The van der Waals surface area contributed by atoms with Gasteiger partial charge in [-0.05, 0) is 43.4 Å². The van der Waals surface area contributed by atoms with Crippen molar-refractivity contribution in [2.24, 2.45) is 11.7 Å². The molecule has 2 rings (SSSR count). The number of hydrogen-bond acceptors (Lipinski definition) is 4. The number of rotatable bonds is 6. The van der Waals surface area contributed by atoms with Crippen LogP contribution in [0.5, 0.6) is 11.5 Å². The van der Waals surface area contributed by atoms with Crippen LogP contribution in [0.2, 0.25) is 0 Å². The molecule has 1 aliphatic carbocycles. The van der Waals surface area contributed by atoms with Gasteiger partial charge in [0.15, 0.2) is 0 Å². The first-order chi connectivity index (χ1) is 9.67. The molecule has 4 heteroatoms. The molecule has 1 aromatic carbocycles. The van der Waals surface area contributed by atoms with Crippen LogP contribution in [0.3, 0.4) is 0 Å². The molecule has 112 valence electrons. The highest BCUT2D eigenvalue weighted by Gasteiger charge is 2.25. The molecule has 3 atom stereocenters. The fourth-order valence-corrected chi connectivity index (χ4v) is 3.04. The van der Waals surface area contributed by atoms with E-state index in [1.165, 1.54) is 19.3 Å². The van der Waals surface area contributed by atoms with Gasteiger partial charge in [0, 0.05) is 24.2 Å². The number of hydrogen-bond donors (Lipinski definition) is 2. The van der Waals surface area contributed by atoms with Crippen LogP contribution in [-0.2, 0) is 0 Å². The Labute approximate surface area is 121 Å². The second-order valence-electron chi connectivity index (χ2n) is 5.68. The molecule has 1 aliphatic rings. The van der Waals surface area contributed by atoms with E-state index in [2.05, 4.69) is 12.2 Å². The Balaban J connectivity index is 2.17. The zero-order chi connectivity index (χ0) is 14.5. The van der Waals surface area contributed by atoms with Gasteiger partial charge in [0.05, 0.1) is 14.2 Å². The maximum Gasteiger partial charge on any atom is 0.123 e. The van der Waals surface area contributed by atoms with Gasteiger partial charge in [0.25, 0.3) is 0 Å². The minimum atomic E-state index is 0.107. The van der Waals surface area contributed by atoms with Crippen molar-refractivity contribution in [3.63, 3.8) is 0 Å². The van der Waals surface area contributed by atoms with E-state index < -0.39 is 0 Å². The molecular weight excluding hydrogens is 252 g/mol. The Morgan fingerprint density at radius 1 is 1.30 bits per heavy atom. The molecular formula is C16H26N2O2. The summed E-state index contributed by atoms with van der Waals surface area (Å²) in [4.78, 5) is 0. The first-order valence-electron chi connectivity index (χ1n) is 7.36. The molecule has 3 unspecified atom stereocenters. The summed E-state index contributed by atoms with van der Waals surface area (Å²) in [6, 6.07) is 6.52. The van der Waals surface area contributed by atoms with Crippen molar-refractivity contribution in [2.45, 2.75) is 38.3 Å². The molecule has 0 heterocycles. The molecule has 1 aromatic rings. The molecule has 0 amide bonds. The third kappa shape index (κ3) is 3.44. The topological polar surface area (TPSA) is 56.5 Å². The SMILES string of the molecule is COc1ccc(OC)c(C(CN)NC2CCC(C)C2)c1. The van der Waals surface area contributed by atoms with Gasteiger partial charge in [-0.15, -0.1) is 0 Å². The first kappa shape index (κ1) is 15.1. The van der Waals surface area contributed by atoms with Gasteiger partial charge in [-0.25, -0.2) is 0 Å². The minimum Gasteiger partial charge on any atom is -0.497 e. The lowest BCUT2D eigenvalue weighted by molar-refractivity contribution is 0.379. The molecule has 20 heavy (non-hydrogen) atoms. The smallest absolute Gasteiger partial charge is 0.123 e. The Hall–Kier alpha value is -1.26. The van der Waals surface area contributed by atoms with E-state index in [0.29, 0.717) is 12.6 Å². The average molecular weight is 278 g/mol. The van der Waals surface area contributed by atoms with Crippen molar-refractivity contribution < 1.29 is 9.47 Å². The molecule has 0 aliphatic heterocycles. The molecule has 0 radical (unpaired) electrons. The summed E-state index contributed by atoms with van der Waals surface area (Å²) in [5.74, 6) is 2.50. The summed E-state index contributed by atoms with van der Waals surface area (Å²) in [6.45, 7) is 2.86. The van der Waals surface area contributed by atoms with Gasteiger partial charge in [0.1, 0.15) is 11.5 Å². The number of nitrogens with two attached hydrogens (primary N) is 1. The average Bonchev–Trinajstić information content (AvgIpc) is 2.89. The Bertz CT molecular complexity index is 436. The third-order valence-corrected chi connectivity index (χ3v) is 4.18. The summed E-state index contributed by atoms with van der Waals surface area (Å²) in [6.07, 6.45) is 3.75. The zero-order valence-electron chi connectivity index (χ0n) is 12.7. The second kappa shape index (κ2) is 6.95. The Morgan fingerprint density at radius 3 is 2.65 bits per heavy atom. The summed E-state index contributed by atoms with van der Waals surface area (Å²) in [5.41, 5.74) is 7.05. The van der Waals surface area contributed by atoms with Gasteiger partial charge in [-0.3, -0.25) is 0 Å². The van der Waals surface area contributed by atoms with E-state index in [9.17, 15) is 0 Å². The van der Waals surface area contributed by atoms with Crippen LogP contribution in [-0.4, -0.2) is 26.8 Å². The lowest BCUT2D eigenvalue weighted by Crippen LogP contribution is -2.35. The summed E-state index contributed by atoms with van der Waals surface area (Å²) in [5, 5.41) is 3.68. The molecule has 1 fully saturated rings. The number of benzene rings is 1. The highest BCUT2D eigenvalue weighted by atomic mass is 16.5. The largest absolute Gasteiger partial charge is 0.497 e. The van der Waals surface area contributed by atoms with Gasteiger partial charge >= 0.3 is 0 Å². The number of ether oxygens (including phenoxy) is 2. The third-order valence-electron chi connectivity index (χ3n) is 4.18. The highest BCUT2D eigenvalue weighted by molar-refractivity contribution is 5.42. The van der Waals surface area contributed by atoms with Crippen molar-refractivity contribution in [1.29, 1.82) is 0 Å². The van der Waals surface area contributed by atoms with E-state index in [-0.39, 0.29) is 6.04 Å². The zero-order valence-corrected chi connectivity index (χ0v) is 12.7. The van der Waals surface area contributed by atoms with Crippen molar-refractivity contribution in [1.82, 2.24) is 5.32 Å². The molecule has 0 saturated heterocycles. The highest BCUT2D eigenvalue weighted by Crippen LogP contribution is 2.32. The van der Waals surface area contributed by atoms with Gasteiger partial charge in [-0.2, -0.15) is 0 Å². The predicted molar refractivity (Wildman–Crippen MR) is 81.3 cm³/mol. The molecule has 1 saturated carbocycles. The van der Waals surface area contributed by atoms with Gasteiger partial charge < -0.3 is 20.5 Å². The lowest BCUT2D eigenvalue weighted by Gasteiger charge is -2.24. The summed E-state index contributed by atoms with van der Waals surface area (Å²) >= 11 is 0. The number of nitrogens with one attached hydrogen (secondary N) is 1. The first-order valence-corrected chi connectivity index (χ1v) is 7.36. The maximum atomic E-state index is 5.97. The van der Waals surface area contributed by atoms with Crippen LogP contribution in [0.25, 0.3) is 0 Å². The van der Waals surface area contributed by atoms with E-state index in [0.717, 1.165) is 23.0 Å². The van der Waals surface area contributed by atoms with Crippen LogP contribution in [0.15, 0.2) is 18.2 Å². The standard InChI is InChI=1S/C16H26N2O2/c1-11-4-5-12(8-11)18-15(10-17)14-9-13(19-2)6-7-16(14)20-3/h6-7,9,11-12,15,18H,4-5,8,10,17H2,1-3H3. The van der Waals surface area contributed by atoms with Gasteiger partial charge in [-0.1, -0.05) is 6.92 Å². The maximum absolute atomic E-state index is 5.97. The molecule has 0 spiro atoms. The molecule has 0 aromatic heterocycles. The summed E-state index contributed by atoms with van der Waals surface area (Å²) in [7, 11) is 3.37. The normalized spacial score (nSPS) is 23.6. The van der Waals surface area contributed by atoms with Crippen LogP contribution < -0.4 is 20.5 Å².